The van der Waals surface area contributed by atoms with Crippen molar-refractivity contribution in [3.63, 3.8) is 0 Å². The van der Waals surface area contributed by atoms with Gasteiger partial charge in [0, 0.05) is 4.57 Å². The minimum absolute atomic E-state index is 0.0773. The standard InChI is InChI=1S/C24H30O11P/c1-13-9-15(19(25)30-5)11-17(23(13,3)21(27)32-7)34-36(29)35-18-12-16(20(26)31-6)10-14(2)24(18,4)22(28)33-8/h9-12,17-18H,1-8H3/q+1. The van der Waals surface area contributed by atoms with E-state index < -0.39 is 55.2 Å². The predicted octanol–water partition coefficient (Wildman–Crippen LogP) is 2.89. The molecule has 0 saturated heterocycles. The van der Waals surface area contributed by atoms with E-state index in [9.17, 15) is 23.7 Å². The van der Waals surface area contributed by atoms with Gasteiger partial charge in [0.05, 0.1) is 39.6 Å². The first-order valence-corrected chi connectivity index (χ1v) is 11.9. The molecule has 0 saturated carbocycles. The molecule has 11 nitrogen and oxygen atoms in total. The van der Waals surface area contributed by atoms with E-state index in [1.54, 1.807) is 13.8 Å². The fraction of sp³-hybridized carbons (Fsp3) is 0.500. The van der Waals surface area contributed by atoms with Gasteiger partial charge in [-0.3, -0.25) is 9.59 Å². The zero-order valence-electron chi connectivity index (χ0n) is 21.4. The van der Waals surface area contributed by atoms with Crippen molar-refractivity contribution in [1.29, 1.82) is 0 Å². The number of carbonyl (C=O) groups is 4. The molecule has 4 atom stereocenters. The lowest BCUT2D eigenvalue weighted by Gasteiger charge is -2.35. The number of hydrogen-bond donors (Lipinski definition) is 0. The molecule has 36 heavy (non-hydrogen) atoms. The van der Waals surface area contributed by atoms with Crippen LogP contribution in [-0.2, 0) is 51.7 Å². The molecule has 0 aromatic heterocycles. The third-order valence-electron chi connectivity index (χ3n) is 6.64. The van der Waals surface area contributed by atoms with Crippen LogP contribution in [0.2, 0.25) is 0 Å². The first kappa shape index (κ1) is 29.1. The SMILES string of the molecule is COC(=O)C1=CC(O[P+](=O)OC2C=C(C(=O)OC)C=C(C)C2(C)C(=O)OC)C(C)(C(=O)OC)C(C)=C1. The Hall–Kier alpha value is -3.14. The maximum Gasteiger partial charge on any atom is 0.698 e. The summed E-state index contributed by atoms with van der Waals surface area (Å²) in [5.41, 5.74) is -1.96. The van der Waals surface area contributed by atoms with Crippen molar-refractivity contribution in [2.75, 3.05) is 28.4 Å². The summed E-state index contributed by atoms with van der Waals surface area (Å²) in [4.78, 5) is 49.7. The summed E-state index contributed by atoms with van der Waals surface area (Å²) in [6.07, 6.45) is 2.95. The molecule has 0 aliphatic heterocycles. The van der Waals surface area contributed by atoms with Crippen molar-refractivity contribution in [2.24, 2.45) is 10.8 Å². The number of ether oxygens (including phenoxy) is 4. The third-order valence-corrected chi connectivity index (χ3v) is 7.44. The first-order chi connectivity index (χ1) is 16.8. The maximum absolute atomic E-state index is 13.2. The molecule has 2 aliphatic rings. The van der Waals surface area contributed by atoms with E-state index in [0.29, 0.717) is 11.1 Å². The smallest absolute Gasteiger partial charge is 0.468 e. The largest absolute Gasteiger partial charge is 0.698 e. The van der Waals surface area contributed by atoms with Crippen molar-refractivity contribution in [1.82, 2.24) is 0 Å². The van der Waals surface area contributed by atoms with Gasteiger partial charge in [0.15, 0.2) is 12.2 Å². The predicted molar refractivity (Wildman–Crippen MR) is 125 cm³/mol. The van der Waals surface area contributed by atoms with Crippen LogP contribution in [0.4, 0.5) is 0 Å². The van der Waals surface area contributed by atoms with Gasteiger partial charge in [-0.2, -0.15) is 0 Å². The van der Waals surface area contributed by atoms with E-state index in [1.807, 2.05) is 0 Å². The lowest BCUT2D eigenvalue weighted by molar-refractivity contribution is -0.154. The van der Waals surface area contributed by atoms with Crippen LogP contribution in [0.5, 0.6) is 0 Å². The molecule has 0 heterocycles. The summed E-state index contributed by atoms with van der Waals surface area (Å²) < 4.78 is 43.8. The van der Waals surface area contributed by atoms with E-state index >= 15 is 0 Å². The minimum Gasteiger partial charge on any atom is -0.468 e. The maximum atomic E-state index is 13.2. The number of hydrogen-bond acceptors (Lipinski definition) is 11. The number of rotatable bonds is 8. The Morgan fingerprint density at radius 3 is 1.31 bits per heavy atom. The van der Waals surface area contributed by atoms with Gasteiger partial charge in [-0.05, 0) is 52.0 Å². The van der Waals surface area contributed by atoms with Crippen molar-refractivity contribution in [3.8, 4) is 0 Å². The van der Waals surface area contributed by atoms with Crippen molar-refractivity contribution < 1.29 is 51.7 Å². The zero-order chi connectivity index (χ0) is 27.4. The normalized spacial score (nSPS) is 27.9. The number of carbonyl (C=O) groups excluding carboxylic acids is 4. The molecule has 0 radical (unpaired) electrons. The summed E-state index contributed by atoms with van der Waals surface area (Å²) in [7, 11) is 1.72. The molecular formula is C24H30O11P+. The van der Waals surface area contributed by atoms with Gasteiger partial charge < -0.3 is 18.9 Å². The summed E-state index contributed by atoms with van der Waals surface area (Å²) in [6, 6.07) is 0. The Morgan fingerprint density at radius 2 is 1.03 bits per heavy atom. The van der Waals surface area contributed by atoms with E-state index in [-0.39, 0.29) is 11.1 Å². The van der Waals surface area contributed by atoms with Crippen LogP contribution in [-0.4, -0.2) is 64.5 Å². The summed E-state index contributed by atoms with van der Waals surface area (Å²) in [6.45, 7) is 6.19. The molecule has 196 valence electrons. The molecule has 0 amide bonds. The lowest BCUT2D eigenvalue weighted by Crippen LogP contribution is -2.45. The second-order valence-corrected chi connectivity index (χ2v) is 9.41. The Bertz CT molecular complexity index is 1020. The Labute approximate surface area is 210 Å². The van der Waals surface area contributed by atoms with E-state index in [1.165, 1.54) is 66.6 Å². The van der Waals surface area contributed by atoms with E-state index in [0.717, 1.165) is 0 Å². The summed E-state index contributed by atoms with van der Waals surface area (Å²) in [5, 5.41) is 0. The third kappa shape index (κ3) is 5.18. The van der Waals surface area contributed by atoms with Gasteiger partial charge in [-0.1, -0.05) is 11.1 Å². The second-order valence-electron chi connectivity index (χ2n) is 8.55. The van der Waals surface area contributed by atoms with E-state index in [2.05, 4.69) is 0 Å². The van der Waals surface area contributed by atoms with Gasteiger partial charge in [-0.15, -0.1) is 9.05 Å². The van der Waals surface area contributed by atoms with Crippen LogP contribution in [0.1, 0.15) is 27.7 Å². The number of esters is 4. The van der Waals surface area contributed by atoms with E-state index in [4.69, 9.17) is 28.0 Å². The quantitative estimate of drug-likeness (QED) is 0.262. The molecule has 2 rings (SSSR count). The molecule has 0 aromatic rings. The molecule has 0 spiro atoms. The number of methoxy groups -OCH3 is 4. The molecule has 0 N–H and O–H groups in total. The fourth-order valence-corrected chi connectivity index (χ4v) is 4.88. The Balaban J connectivity index is 2.46. The highest BCUT2D eigenvalue weighted by Crippen LogP contribution is 2.47. The van der Waals surface area contributed by atoms with Crippen LogP contribution >= 0.6 is 8.25 Å². The van der Waals surface area contributed by atoms with Gasteiger partial charge in [0.2, 0.25) is 0 Å². The first-order valence-electron chi connectivity index (χ1n) is 10.8. The molecule has 2 aliphatic carbocycles. The Kier molecular flexibility index (Phi) is 9.12. The van der Waals surface area contributed by atoms with Crippen LogP contribution < -0.4 is 0 Å². The minimum atomic E-state index is -3.04. The molecule has 0 aromatic carbocycles. The lowest BCUT2D eigenvalue weighted by atomic mass is 9.73. The van der Waals surface area contributed by atoms with Crippen molar-refractivity contribution >= 4 is 32.1 Å². The zero-order valence-corrected chi connectivity index (χ0v) is 22.3. The molecule has 0 bridgehead atoms. The topological polar surface area (TPSA) is 141 Å². The van der Waals surface area contributed by atoms with Crippen LogP contribution in [0.25, 0.3) is 0 Å². The van der Waals surface area contributed by atoms with Crippen molar-refractivity contribution in [3.05, 3.63) is 46.6 Å². The van der Waals surface area contributed by atoms with Crippen LogP contribution in [0, 0.1) is 10.8 Å². The highest BCUT2D eigenvalue weighted by Gasteiger charge is 2.54. The molecule has 12 heteroatoms. The second kappa shape index (κ2) is 11.3. The summed E-state index contributed by atoms with van der Waals surface area (Å²) in [5.74, 6) is -2.78. The summed E-state index contributed by atoms with van der Waals surface area (Å²) >= 11 is 0. The molecular weight excluding hydrogens is 495 g/mol. The van der Waals surface area contributed by atoms with Gasteiger partial charge in [0.25, 0.3) is 0 Å². The highest BCUT2D eigenvalue weighted by atomic mass is 31.1. The van der Waals surface area contributed by atoms with Gasteiger partial charge in [-0.25, -0.2) is 9.59 Å². The Morgan fingerprint density at radius 1 is 0.694 bits per heavy atom. The van der Waals surface area contributed by atoms with Crippen LogP contribution in [0.3, 0.4) is 0 Å². The van der Waals surface area contributed by atoms with Crippen molar-refractivity contribution in [2.45, 2.75) is 39.9 Å². The van der Waals surface area contributed by atoms with Gasteiger partial charge in [0.1, 0.15) is 10.8 Å². The van der Waals surface area contributed by atoms with Gasteiger partial charge >= 0.3 is 32.1 Å². The monoisotopic (exact) mass is 525 g/mol. The fourth-order valence-electron chi connectivity index (χ4n) is 3.92. The molecule has 0 fully saturated rings. The average molecular weight is 525 g/mol. The molecule has 4 unspecified atom stereocenters. The average Bonchev–Trinajstić information content (AvgIpc) is 2.86. The van der Waals surface area contributed by atoms with Crippen LogP contribution in [0.15, 0.2) is 46.6 Å². The highest BCUT2D eigenvalue weighted by molar-refractivity contribution is 7.33.